The van der Waals surface area contributed by atoms with Crippen LogP contribution >= 0.6 is 11.6 Å². The average molecular weight is 315 g/mol. The number of hydrogen-bond acceptors (Lipinski definition) is 7. The van der Waals surface area contributed by atoms with Gasteiger partial charge in [0.1, 0.15) is 25.4 Å². The first kappa shape index (κ1) is 15.1. The summed E-state index contributed by atoms with van der Waals surface area (Å²) in [5.41, 5.74) is -0.384. The fraction of sp³-hybridized carbons (Fsp3) is 0.308. The third kappa shape index (κ3) is 4.64. The highest BCUT2D eigenvalue weighted by molar-refractivity contribution is 6.61. The first-order chi connectivity index (χ1) is 10.0. The molecule has 112 valence electrons. The molecule has 1 saturated heterocycles. The van der Waals surface area contributed by atoms with Crippen LogP contribution in [0.1, 0.15) is 18.3 Å². The minimum Gasteiger partial charge on any atom is -0.490 e. The first-order valence-corrected chi connectivity index (χ1v) is 6.36. The third-order valence-corrected chi connectivity index (χ3v) is 2.59. The Morgan fingerprint density at radius 1 is 1.14 bits per heavy atom. The lowest BCUT2D eigenvalue weighted by molar-refractivity contribution is -0.204. The third-order valence-electron chi connectivity index (χ3n) is 2.49. The van der Waals surface area contributed by atoms with Crippen molar-refractivity contribution >= 4 is 29.0 Å². The number of carbonyl (C=O) groups excluding carboxylic acids is 3. The molecule has 0 amide bonds. The van der Waals surface area contributed by atoms with Gasteiger partial charge in [-0.25, -0.2) is 4.79 Å². The zero-order valence-corrected chi connectivity index (χ0v) is 11.5. The summed E-state index contributed by atoms with van der Waals surface area (Å²) in [6, 6.07) is 6.40. The van der Waals surface area contributed by atoms with Crippen LogP contribution in [0.2, 0.25) is 0 Å². The van der Waals surface area contributed by atoms with Crippen molar-refractivity contribution in [2.45, 2.75) is 12.7 Å². The van der Waals surface area contributed by atoms with Crippen LogP contribution in [0.4, 0.5) is 4.79 Å². The zero-order chi connectivity index (χ0) is 15.2. The highest BCUT2D eigenvalue weighted by atomic mass is 35.5. The molecule has 0 atom stereocenters. The summed E-state index contributed by atoms with van der Waals surface area (Å²) in [6.07, 6.45) is -1.42. The number of carbonyl (C=O) groups is 3. The standard InChI is InChI=1S/C13H11ClO7/c14-13(17)19-6-5-18-9-3-1-8(2-4-9)12-20-10(15)7-11(16)21-12/h1-4,12H,5-7H2. The molecule has 0 bridgehead atoms. The monoisotopic (exact) mass is 314 g/mol. The van der Waals surface area contributed by atoms with E-state index in [-0.39, 0.29) is 19.6 Å². The molecule has 0 unspecified atom stereocenters. The number of rotatable bonds is 5. The van der Waals surface area contributed by atoms with E-state index in [0.717, 1.165) is 0 Å². The van der Waals surface area contributed by atoms with Gasteiger partial charge in [0.15, 0.2) is 0 Å². The summed E-state index contributed by atoms with van der Waals surface area (Å²) in [6.45, 7) is 0.174. The predicted octanol–water partition coefficient (Wildman–Crippen LogP) is 1.93. The van der Waals surface area contributed by atoms with Gasteiger partial charge in [-0.15, -0.1) is 0 Å². The van der Waals surface area contributed by atoms with Crippen molar-refractivity contribution in [2.75, 3.05) is 13.2 Å². The highest BCUT2D eigenvalue weighted by Gasteiger charge is 2.28. The van der Waals surface area contributed by atoms with E-state index >= 15 is 0 Å². The lowest BCUT2D eigenvalue weighted by Crippen LogP contribution is -2.26. The van der Waals surface area contributed by atoms with Crippen molar-refractivity contribution in [1.29, 1.82) is 0 Å². The van der Waals surface area contributed by atoms with E-state index in [4.69, 9.17) is 25.8 Å². The van der Waals surface area contributed by atoms with E-state index in [1.807, 2.05) is 0 Å². The van der Waals surface area contributed by atoms with Crippen LogP contribution < -0.4 is 4.74 Å². The van der Waals surface area contributed by atoms with E-state index in [9.17, 15) is 14.4 Å². The minimum atomic E-state index is -1.04. The number of ether oxygens (including phenoxy) is 4. The Kier molecular flexibility index (Phi) is 4.99. The summed E-state index contributed by atoms with van der Waals surface area (Å²) < 4.78 is 19.6. The molecule has 0 saturated carbocycles. The van der Waals surface area contributed by atoms with Gasteiger partial charge in [-0.3, -0.25) is 9.59 Å². The van der Waals surface area contributed by atoms with Crippen LogP contribution in [0.3, 0.4) is 0 Å². The molecule has 21 heavy (non-hydrogen) atoms. The fourth-order valence-corrected chi connectivity index (χ4v) is 1.68. The molecule has 1 fully saturated rings. The van der Waals surface area contributed by atoms with Crippen LogP contribution in [-0.4, -0.2) is 30.6 Å². The molecule has 0 aliphatic carbocycles. The second-order valence-corrected chi connectivity index (χ2v) is 4.30. The number of benzene rings is 1. The van der Waals surface area contributed by atoms with Gasteiger partial charge in [0.25, 0.3) is 6.29 Å². The van der Waals surface area contributed by atoms with Crippen molar-refractivity contribution in [2.24, 2.45) is 0 Å². The second kappa shape index (κ2) is 6.94. The van der Waals surface area contributed by atoms with Gasteiger partial charge in [0, 0.05) is 17.2 Å². The number of hydrogen-bond donors (Lipinski definition) is 0. The van der Waals surface area contributed by atoms with Crippen molar-refractivity contribution in [3.8, 4) is 5.75 Å². The molecule has 0 aromatic heterocycles. The molecular weight excluding hydrogens is 304 g/mol. The van der Waals surface area contributed by atoms with E-state index in [1.165, 1.54) is 0 Å². The van der Waals surface area contributed by atoms with Crippen molar-refractivity contribution < 1.29 is 33.3 Å². The number of halogens is 1. The van der Waals surface area contributed by atoms with Gasteiger partial charge in [0.05, 0.1) is 0 Å². The Morgan fingerprint density at radius 3 is 2.33 bits per heavy atom. The normalized spacial score (nSPS) is 15.1. The quantitative estimate of drug-likeness (QED) is 0.355. The zero-order valence-electron chi connectivity index (χ0n) is 10.7. The van der Waals surface area contributed by atoms with Gasteiger partial charge in [-0.1, -0.05) is 0 Å². The Hall–Kier alpha value is -2.28. The van der Waals surface area contributed by atoms with Gasteiger partial charge in [-0.05, 0) is 24.3 Å². The molecule has 0 N–H and O–H groups in total. The van der Waals surface area contributed by atoms with E-state index < -0.39 is 23.7 Å². The molecule has 1 aromatic carbocycles. The number of esters is 2. The smallest absolute Gasteiger partial charge is 0.403 e. The predicted molar refractivity (Wildman–Crippen MR) is 68.7 cm³/mol. The molecule has 1 aliphatic heterocycles. The Labute approximate surface area is 124 Å². The molecule has 7 nitrogen and oxygen atoms in total. The largest absolute Gasteiger partial charge is 0.490 e. The lowest BCUT2D eigenvalue weighted by atomic mass is 10.2. The molecule has 0 radical (unpaired) electrons. The summed E-state index contributed by atoms with van der Waals surface area (Å²) in [7, 11) is 0. The van der Waals surface area contributed by atoms with Crippen molar-refractivity contribution in [3.05, 3.63) is 29.8 Å². The van der Waals surface area contributed by atoms with E-state index in [2.05, 4.69) is 4.74 Å². The Balaban J connectivity index is 1.88. The molecule has 1 aromatic rings. The maximum atomic E-state index is 11.2. The summed E-state index contributed by atoms with van der Waals surface area (Å²) >= 11 is 4.99. The molecule has 0 spiro atoms. The summed E-state index contributed by atoms with van der Waals surface area (Å²) in [5.74, 6) is -0.739. The maximum absolute atomic E-state index is 11.2. The van der Waals surface area contributed by atoms with Crippen LogP contribution in [0.5, 0.6) is 5.75 Å². The van der Waals surface area contributed by atoms with E-state index in [1.54, 1.807) is 24.3 Å². The van der Waals surface area contributed by atoms with Gasteiger partial charge in [0.2, 0.25) is 0 Å². The Morgan fingerprint density at radius 2 is 1.76 bits per heavy atom. The minimum absolute atomic E-state index is 0.0297. The maximum Gasteiger partial charge on any atom is 0.403 e. The molecule has 1 heterocycles. The van der Waals surface area contributed by atoms with Crippen LogP contribution in [0.15, 0.2) is 24.3 Å². The Bertz CT molecular complexity index is 524. The van der Waals surface area contributed by atoms with Crippen molar-refractivity contribution in [1.82, 2.24) is 0 Å². The summed E-state index contributed by atoms with van der Waals surface area (Å²) in [4.78, 5) is 32.6. The molecule has 2 rings (SSSR count). The SMILES string of the molecule is O=C(Cl)OCCOc1ccc(C2OC(=O)CC(=O)O2)cc1. The second-order valence-electron chi connectivity index (χ2n) is 3.99. The van der Waals surface area contributed by atoms with Crippen LogP contribution in [0.25, 0.3) is 0 Å². The number of cyclic esters (lactones) is 2. The fourth-order valence-electron chi connectivity index (χ4n) is 1.60. The highest BCUT2D eigenvalue weighted by Crippen LogP contribution is 2.25. The topological polar surface area (TPSA) is 88.1 Å². The lowest BCUT2D eigenvalue weighted by Gasteiger charge is -2.22. The van der Waals surface area contributed by atoms with Crippen molar-refractivity contribution in [3.63, 3.8) is 0 Å². The van der Waals surface area contributed by atoms with Gasteiger partial charge < -0.3 is 18.9 Å². The summed E-state index contributed by atoms with van der Waals surface area (Å²) in [5, 5.41) is 0. The molecule has 1 aliphatic rings. The van der Waals surface area contributed by atoms with Gasteiger partial charge in [-0.2, -0.15) is 0 Å². The first-order valence-electron chi connectivity index (χ1n) is 5.98. The molecule has 8 heteroatoms. The van der Waals surface area contributed by atoms with E-state index in [0.29, 0.717) is 11.3 Å². The van der Waals surface area contributed by atoms with Crippen LogP contribution in [-0.2, 0) is 23.8 Å². The van der Waals surface area contributed by atoms with Crippen LogP contribution in [0, 0.1) is 0 Å². The van der Waals surface area contributed by atoms with Gasteiger partial charge >= 0.3 is 17.4 Å². The average Bonchev–Trinajstić information content (AvgIpc) is 2.43. The molecular formula is C13H11ClO7.